The van der Waals surface area contributed by atoms with Gasteiger partial charge in [0.25, 0.3) is 0 Å². The summed E-state index contributed by atoms with van der Waals surface area (Å²) in [5.41, 5.74) is 2.09. The van der Waals surface area contributed by atoms with Crippen LogP contribution in [0.2, 0.25) is 0 Å². The normalized spacial score (nSPS) is 11.2. The third kappa shape index (κ3) is 3.58. The molecule has 0 N–H and O–H groups in total. The fourth-order valence-corrected chi connectivity index (χ4v) is 1.37. The molecule has 0 aliphatic rings. The molecule has 0 aromatic heterocycles. The van der Waals surface area contributed by atoms with Gasteiger partial charge in [-0.15, -0.1) is 0 Å². The summed E-state index contributed by atoms with van der Waals surface area (Å²) in [6, 6.07) is 9.87. The molecular formula is C13H16O2. The minimum Gasteiger partial charge on any atom is -0.463 e. The SMILES string of the molecule is CCOC(=O)C=C(CC)c1ccccc1. The number of hydrogen-bond acceptors (Lipinski definition) is 2. The first-order valence-electron chi connectivity index (χ1n) is 5.20. The van der Waals surface area contributed by atoms with Crippen LogP contribution in [0.1, 0.15) is 25.8 Å². The second-order valence-corrected chi connectivity index (χ2v) is 3.14. The minimum absolute atomic E-state index is 0.266. The van der Waals surface area contributed by atoms with Crippen molar-refractivity contribution < 1.29 is 9.53 Å². The van der Waals surface area contributed by atoms with Gasteiger partial charge in [-0.05, 0) is 24.5 Å². The van der Waals surface area contributed by atoms with Crippen LogP contribution < -0.4 is 0 Å². The van der Waals surface area contributed by atoms with Crippen LogP contribution in [-0.2, 0) is 9.53 Å². The molecule has 0 atom stereocenters. The molecule has 0 radical (unpaired) electrons. The molecule has 0 unspecified atom stereocenters. The lowest BCUT2D eigenvalue weighted by Crippen LogP contribution is -2.00. The van der Waals surface area contributed by atoms with E-state index in [0.29, 0.717) is 6.61 Å². The fourth-order valence-electron chi connectivity index (χ4n) is 1.37. The molecule has 2 heteroatoms. The smallest absolute Gasteiger partial charge is 0.331 e. The van der Waals surface area contributed by atoms with E-state index in [-0.39, 0.29) is 5.97 Å². The van der Waals surface area contributed by atoms with Crippen LogP contribution in [0.4, 0.5) is 0 Å². The third-order valence-corrected chi connectivity index (χ3v) is 2.10. The Labute approximate surface area is 90.6 Å². The Kier molecular flexibility index (Phi) is 4.61. The highest BCUT2D eigenvalue weighted by Gasteiger charge is 2.02. The zero-order valence-corrected chi connectivity index (χ0v) is 9.19. The summed E-state index contributed by atoms with van der Waals surface area (Å²) in [6.45, 7) is 4.25. The van der Waals surface area contributed by atoms with Gasteiger partial charge in [0.15, 0.2) is 0 Å². The van der Waals surface area contributed by atoms with E-state index in [1.54, 1.807) is 13.0 Å². The number of carbonyl (C=O) groups excluding carboxylic acids is 1. The molecule has 0 fully saturated rings. The Morgan fingerprint density at radius 2 is 1.93 bits per heavy atom. The van der Waals surface area contributed by atoms with E-state index in [9.17, 15) is 4.79 Å². The number of rotatable bonds is 4. The molecule has 15 heavy (non-hydrogen) atoms. The predicted molar refractivity (Wildman–Crippen MR) is 61.3 cm³/mol. The Morgan fingerprint density at radius 1 is 1.27 bits per heavy atom. The van der Waals surface area contributed by atoms with Crippen molar-refractivity contribution in [3.63, 3.8) is 0 Å². The molecule has 1 aromatic rings. The highest BCUT2D eigenvalue weighted by atomic mass is 16.5. The van der Waals surface area contributed by atoms with Crippen molar-refractivity contribution in [1.29, 1.82) is 0 Å². The third-order valence-electron chi connectivity index (χ3n) is 2.10. The van der Waals surface area contributed by atoms with E-state index < -0.39 is 0 Å². The first-order chi connectivity index (χ1) is 7.27. The standard InChI is InChI=1S/C13H16O2/c1-3-11(10-13(14)15-4-2)12-8-6-5-7-9-12/h5-10H,3-4H2,1-2H3. The Hall–Kier alpha value is -1.57. The summed E-state index contributed by atoms with van der Waals surface area (Å²) in [4.78, 5) is 11.3. The van der Waals surface area contributed by atoms with Crippen LogP contribution in [0.25, 0.3) is 5.57 Å². The lowest BCUT2D eigenvalue weighted by atomic mass is 10.0. The lowest BCUT2D eigenvalue weighted by Gasteiger charge is -2.04. The van der Waals surface area contributed by atoms with Gasteiger partial charge in [0.05, 0.1) is 6.61 Å². The Bertz CT molecular complexity index is 339. The average molecular weight is 204 g/mol. The first kappa shape index (κ1) is 11.5. The van der Waals surface area contributed by atoms with Crippen molar-refractivity contribution in [3.8, 4) is 0 Å². The molecule has 0 aliphatic heterocycles. The number of esters is 1. The number of allylic oxidation sites excluding steroid dienone is 1. The zero-order valence-electron chi connectivity index (χ0n) is 9.19. The van der Waals surface area contributed by atoms with Crippen LogP contribution in [0.15, 0.2) is 36.4 Å². The van der Waals surface area contributed by atoms with Crippen LogP contribution in [0.5, 0.6) is 0 Å². The van der Waals surface area contributed by atoms with Gasteiger partial charge < -0.3 is 4.74 Å². The topological polar surface area (TPSA) is 26.3 Å². The highest BCUT2D eigenvalue weighted by molar-refractivity contribution is 5.91. The Balaban J connectivity index is 2.84. The van der Waals surface area contributed by atoms with E-state index in [1.165, 1.54) is 0 Å². The first-order valence-corrected chi connectivity index (χ1v) is 5.20. The van der Waals surface area contributed by atoms with Gasteiger partial charge in [-0.2, -0.15) is 0 Å². The molecule has 1 aromatic carbocycles. The quantitative estimate of drug-likeness (QED) is 0.556. The summed E-state index contributed by atoms with van der Waals surface area (Å²) in [5.74, 6) is -0.266. The summed E-state index contributed by atoms with van der Waals surface area (Å²) in [6.07, 6.45) is 2.39. The minimum atomic E-state index is -0.266. The number of hydrogen-bond donors (Lipinski definition) is 0. The van der Waals surface area contributed by atoms with E-state index in [2.05, 4.69) is 0 Å². The molecule has 1 rings (SSSR count). The second-order valence-electron chi connectivity index (χ2n) is 3.14. The maximum Gasteiger partial charge on any atom is 0.331 e. The van der Waals surface area contributed by atoms with Crippen molar-refractivity contribution in [2.24, 2.45) is 0 Å². The number of benzene rings is 1. The van der Waals surface area contributed by atoms with Gasteiger partial charge in [0.2, 0.25) is 0 Å². The highest BCUT2D eigenvalue weighted by Crippen LogP contribution is 2.17. The predicted octanol–water partition coefficient (Wildman–Crippen LogP) is 3.04. The molecule has 0 spiro atoms. The van der Waals surface area contributed by atoms with Gasteiger partial charge in [0.1, 0.15) is 0 Å². The summed E-state index contributed by atoms with van der Waals surface area (Å²) >= 11 is 0. The van der Waals surface area contributed by atoms with Gasteiger partial charge in [-0.1, -0.05) is 37.3 Å². The van der Waals surface area contributed by atoms with E-state index >= 15 is 0 Å². The summed E-state index contributed by atoms with van der Waals surface area (Å²) in [5, 5.41) is 0. The molecule has 0 saturated carbocycles. The molecule has 0 aliphatic carbocycles. The van der Waals surface area contributed by atoms with Gasteiger partial charge in [-0.25, -0.2) is 4.79 Å². The molecule has 0 saturated heterocycles. The van der Waals surface area contributed by atoms with Crippen LogP contribution >= 0.6 is 0 Å². The fraction of sp³-hybridized carbons (Fsp3) is 0.308. The number of ether oxygens (including phenoxy) is 1. The summed E-state index contributed by atoms with van der Waals surface area (Å²) < 4.78 is 4.88. The van der Waals surface area contributed by atoms with Gasteiger partial charge in [0, 0.05) is 6.08 Å². The van der Waals surface area contributed by atoms with Crippen molar-refractivity contribution in [3.05, 3.63) is 42.0 Å². The molecule has 80 valence electrons. The lowest BCUT2D eigenvalue weighted by molar-refractivity contribution is -0.137. The van der Waals surface area contributed by atoms with Crippen molar-refractivity contribution in [2.75, 3.05) is 6.61 Å². The second kappa shape index (κ2) is 6.02. The summed E-state index contributed by atoms with van der Waals surface area (Å²) in [7, 11) is 0. The van der Waals surface area contributed by atoms with Crippen molar-refractivity contribution in [2.45, 2.75) is 20.3 Å². The average Bonchev–Trinajstić information content (AvgIpc) is 2.27. The number of carbonyl (C=O) groups is 1. The largest absolute Gasteiger partial charge is 0.463 e. The zero-order chi connectivity index (χ0) is 11.1. The molecule has 0 bridgehead atoms. The molecular weight excluding hydrogens is 188 g/mol. The monoisotopic (exact) mass is 204 g/mol. The molecule has 0 amide bonds. The van der Waals surface area contributed by atoms with E-state index in [4.69, 9.17) is 4.74 Å². The molecule has 0 heterocycles. The maximum atomic E-state index is 11.3. The maximum absolute atomic E-state index is 11.3. The Morgan fingerprint density at radius 3 is 2.47 bits per heavy atom. The molecule has 2 nitrogen and oxygen atoms in total. The van der Waals surface area contributed by atoms with Crippen molar-refractivity contribution >= 4 is 11.5 Å². The van der Waals surface area contributed by atoms with Gasteiger partial charge >= 0.3 is 5.97 Å². The van der Waals surface area contributed by atoms with Gasteiger partial charge in [-0.3, -0.25) is 0 Å². The van der Waals surface area contributed by atoms with Crippen molar-refractivity contribution in [1.82, 2.24) is 0 Å². The van der Waals surface area contributed by atoms with Crippen LogP contribution in [0, 0.1) is 0 Å². The van der Waals surface area contributed by atoms with Crippen LogP contribution in [-0.4, -0.2) is 12.6 Å². The van der Waals surface area contributed by atoms with Crippen LogP contribution in [0.3, 0.4) is 0 Å². The van der Waals surface area contributed by atoms with E-state index in [0.717, 1.165) is 17.6 Å². The van der Waals surface area contributed by atoms with E-state index in [1.807, 2.05) is 37.3 Å².